The Bertz CT molecular complexity index is 565. The molecule has 1 heterocycles. The molecule has 1 aromatic rings. The Labute approximate surface area is 145 Å². The minimum Gasteiger partial charge on any atom is -0.387 e. The smallest absolute Gasteiger partial charge is 0.223 e. The summed E-state index contributed by atoms with van der Waals surface area (Å²) in [4.78, 5) is 14.6. The standard InChI is InChI=1S/C20H30N2O2/c1-14(2)7-10-21-20(24)15-8-11-22(12-9-15)18-13-16-5-3-4-6-17(16)19(18)23/h3-6,14-15,18-19,23H,7-13H2,1-2H3,(H,21,24). The van der Waals surface area contributed by atoms with Gasteiger partial charge in [0, 0.05) is 18.5 Å². The molecule has 2 unspecified atom stereocenters. The van der Waals surface area contributed by atoms with Gasteiger partial charge in [-0.05, 0) is 55.8 Å². The van der Waals surface area contributed by atoms with Gasteiger partial charge in [-0.25, -0.2) is 0 Å². The summed E-state index contributed by atoms with van der Waals surface area (Å²) in [6, 6.07) is 8.37. The minimum atomic E-state index is -0.391. The van der Waals surface area contributed by atoms with Gasteiger partial charge in [0.15, 0.2) is 0 Å². The second-order valence-corrected chi connectivity index (χ2v) is 7.70. The van der Waals surface area contributed by atoms with Crippen molar-refractivity contribution in [3.63, 3.8) is 0 Å². The topological polar surface area (TPSA) is 52.6 Å². The molecule has 3 rings (SSSR count). The lowest BCUT2D eigenvalue weighted by Gasteiger charge is -2.36. The highest BCUT2D eigenvalue weighted by atomic mass is 16.3. The van der Waals surface area contributed by atoms with Gasteiger partial charge < -0.3 is 10.4 Å². The van der Waals surface area contributed by atoms with Crippen LogP contribution in [0, 0.1) is 11.8 Å². The fourth-order valence-corrected chi connectivity index (χ4v) is 4.00. The molecule has 1 aromatic carbocycles. The normalized spacial score (nSPS) is 25.0. The molecule has 1 saturated heterocycles. The Morgan fingerprint density at radius 2 is 2.00 bits per heavy atom. The van der Waals surface area contributed by atoms with Crippen molar-refractivity contribution < 1.29 is 9.90 Å². The van der Waals surface area contributed by atoms with Crippen LogP contribution in [0.5, 0.6) is 0 Å². The van der Waals surface area contributed by atoms with E-state index in [0.717, 1.165) is 50.9 Å². The van der Waals surface area contributed by atoms with Crippen molar-refractivity contribution in [3.8, 4) is 0 Å². The predicted molar refractivity (Wildman–Crippen MR) is 95.7 cm³/mol. The number of piperidine rings is 1. The van der Waals surface area contributed by atoms with Gasteiger partial charge in [0.05, 0.1) is 6.10 Å². The van der Waals surface area contributed by atoms with E-state index in [9.17, 15) is 9.90 Å². The first-order chi connectivity index (χ1) is 11.6. The molecule has 0 spiro atoms. The lowest BCUT2D eigenvalue weighted by molar-refractivity contribution is -0.126. The molecule has 24 heavy (non-hydrogen) atoms. The van der Waals surface area contributed by atoms with E-state index in [0.29, 0.717) is 5.92 Å². The lowest BCUT2D eigenvalue weighted by atomic mass is 9.94. The molecule has 132 valence electrons. The van der Waals surface area contributed by atoms with Crippen LogP contribution in [0.3, 0.4) is 0 Å². The minimum absolute atomic E-state index is 0.134. The molecule has 2 aliphatic rings. The summed E-state index contributed by atoms with van der Waals surface area (Å²) in [6.07, 6.45) is 3.36. The number of carbonyl (C=O) groups is 1. The molecule has 1 aliphatic heterocycles. The number of aliphatic hydroxyl groups excluding tert-OH is 1. The number of nitrogens with zero attached hydrogens (tertiary/aromatic N) is 1. The molecule has 1 amide bonds. The van der Waals surface area contributed by atoms with Crippen molar-refractivity contribution in [2.45, 2.75) is 51.7 Å². The van der Waals surface area contributed by atoms with Gasteiger partial charge in [-0.15, -0.1) is 0 Å². The first kappa shape index (κ1) is 17.4. The summed E-state index contributed by atoms with van der Waals surface area (Å²) in [5.74, 6) is 0.970. The van der Waals surface area contributed by atoms with E-state index in [1.54, 1.807) is 0 Å². The summed E-state index contributed by atoms with van der Waals surface area (Å²) >= 11 is 0. The van der Waals surface area contributed by atoms with Crippen LogP contribution in [0.15, 0.2) is 24.3 Å². The molecule has 1 aliphatic carbocycles. The van der Waals surface area contributed by atoms with Crippen LogP contribution in [0.2, 0.25) is 0 Å². The number of aliphatic hydroxyl groups is 1. The van der Waals surface area contributed by atoms with E-state index in [1.807, 2.05) is 18.2 Å². The number of amides is 1. The van der Waals surface area contributed by atoms with Gasteiger partial charge in [0.2, 0.25) is 5.91 Å². The van der Waals surface area contributed by atoms with E-state index < -0.39 is 6.10 Å². The van der Waals surface area contributed by atoms with Crippen molar-refractivity contribution in [2.75, 3.05) is 19.6 Å². The summed E-state index contributed by atoms with van der Waals surface area (Å²) < 4.78 is 0. The number of fused-ring (bicyclic) bond motifs is 1. The summed E-state index contributed by atoms with van der Waals surface area (Å²) in [5, 5.41) is 13.7. The maximum Gasteiger partial charge on any atom is 0.223 e. The second-order valence-electron chi connectivity index (χ2n) is 7.70. The Morgan fingerprint density at radius 3 is 2.67 bits per heavy atom. The van der Waals surface area contributed by atoms with Crippen LogP contribution in [0.25, 0.3) is 0 Å². The lowest BCUT2D eigenvalue weighted by Crippen LogP contribution is -2.46. The average Bonchev–Trinajstić information content (AvgIpc) is 2.92. The highest BCUT2D eigenvalue weighted by molar-refractivity contribution is 5.78. The van der Waals surface area contributed by atoms with Crippen LogP contribution in [-0.2, 0) is 11.2 Å². The maximum atomic E-state index is 12.3. The first-order valence-electron chi connectivity index (χ1n) is 9.34. The zero-order valence-corrected chi connectivity index (χ0v) is 14.9. The van der Waals surface area contributed by atoms with Crippen molar-refractivity contribution in [2.24, 2.45) is 11.8 Å². The third kappa shape index (κ3) is 3.81. The van der Waals surface area contributed by atoms with Crippen LogP contribution in [-0.4, -0.2) is 41.6 Å². The third-order valence-corrected chi connectivity index (χ3v) is 5.56. The molecule has 0 bridgehead atoms. The molecule has 1 fully saturated rings. The number of carbonyl (C=O) groups excluding carboxylic acids is 1. The number of rotatable bonds is 5. The van der Waals surface area contributed by atoms with Gasteiger partial charge in [-0.3, -0.25) is 9.69 Å². The zero-order chi connectivity index (χ0) is 17.1. The Kier molecular flexibility index (Phi) is 5.57. The largest absolute Gasteiger partial charge is 0.387 e. The van der Waals surface area contributed by atoms with Crippen molar-refractivity contribution in [3.05, 3.63) is 35.4 Å². The summed E-state index contributed by atoms with van der Waals surface area (Å²) in [7, 11) is 0. The predicted octanol–water partition coefficient (Wildman–Crippen LogP) is 2.52. The molecular formula is C20H30N2O2. The van der Waals surface area contributed by atoms with Gasteiger partial charge in [0.1, 0.15) is 0 Å². The number of benzene rings is 1. The van der Waals surface area contributed by atoms with Crippen LogP contribution >= 0.6 is 0 Å². The highest BCUT2D eigenvalue weighted by Gasteiger charge is 2.37. The van der Waals surface area contributed by atoms with Gasteiger partial charge in [0.25, 0.3) is 0 Å². The van der Waals surface area contributed by atoms with Gasteiger partial charge in [-0.2, -0.15) is 0 Å². The van der Waals surface area contributed by atoms with Crippen molar-refractivity contribution >= 4 is 5.91 Å². The quantitative estimate of drug-likeness (QED) is 0.872. The molecule has 4 nitrogen and oxygen atoms in total. The summed E-state index contributed by atoms with van der Waals surface area (Å²) in [5.41, 5.74) is 2.35. The average molecular weight is 330 g/mol. The van der Waals surface area contributed by atoms with Gasteiger partial charge in [-0.1, -0.05) is 38.1 Å². The molecule has 4 heteroatoms. The highest BCUT2D eigenvalue weighted by Crippen LogP contribution is 2.35. The van der Waals surface area contributed by atoms with E-state index in [4.69, 9.17) is 0 Å². The number of hydrogen-bond donors (Lipinski definition) is 2. The van der Waals surface area contributed by atoms with Crippen molar-refractivity contribution in [1.82, 2.24) is 10.2 Å². The number of hydrogen-bond acceptors (Lipinski definition) is 3. The molecule has 2 atom stereocenters. The Balaban J connectivity index is 1.48. The molecule has 0 saturated carbocycles. The third-order valence-electron chi connectivity index (χ3n) is 5.56. The maximum absolute atomic E-state index is 12.3. The van der Waals surface area contributed by atoms with Crippen molar-refractivity contribution in [1.29, 1.82) is 0 Å². The number of nitrogens with one attached hydrogen (secondary N) is 1. The van der Waals surface area contributed by atoms with E-state index >= 15 is 0 Å². The fourth-order valence-electron chi connectivity index (χ4n) is 4.00. The fraction of sp³-hybridized carbons (Fsp3) is 0.650. The SMILES string of the molecule is CC(C)CCNC(=O)C1CCN(C2Cc3ccccc3C2O)CC1. The number of likely N-dealkylation sites (tertiary alicyclic amines) is 1. The van der Waals surface area contributed by atoms with Crippen LogP contribution < -0.4 is 5.32 Å². The Hall–Kier alpha value is -1.39. The van der Waals surface area contributed by atoms with Gasteiger partial charge >= 0.3 is 0 Å². The second kappa shape index (κ2) is 7.66. The van der Waals surface area contributed by atoms with Crippen LogP contribution in [0.1, 0.15) is 50.3 Å². The van der Waals surface area contributed by atoms with E-state index in [-0.39, 0.29) is 17.9 Å². The summed E-state index contributed by atoms with van der Waals surface area (Å²) in [6.45, 7) is 6.94. The monoisotopic (exact) mass is 330 g/mol. The molecular weight excluding hydrogens is 300 g/mol. The first-order valence-corrected chi connectivity index (χ1v) is 9.34. The molecule has 2 N–H and O–H groups in total. The van der Waals surface area contributed by atoms with E-state index in [1.165, 1.54) is 5.56 Å². The van der Waals surface area contributed by atoms with E-state index in [2.05, 4.69) is 30.1 Å². The zero-order valence-electron chi connectivity index (χ0n) is 14.9. The van der Waals surface area contributed by atoms with Crippen LogP contribution in [0.4, 0.5) is 0 Å². The Morgan fingerprint density at radius 1 is 1.29 bits per heavy atom. The molecule has 0 radical (unpaired) electrons. The molecule has 0 aromatic heterocycles.